The fraction of sp³-hybridized carbons (Fsp3) is 0.786. The van der Waals surface area contributed by atoms with Crippen LogP contribution in [0.25, 0.3) is 0 Å². The molecule has 1 unspecified atom stereocenters. The van der Waals surface area contributed by atoms with Gasteiger partial charge in [0, 0.05) is 13.2 Å². The van der Waals surface area contributed by atoms with Crippen LogP contribution >= 0.6 is 12.6 Å². The van der Waals surface area contributed by atoms with Gasteiger partial charge in [-0.2, -0.15) is 12.6 Å². The highest BCUT2D eigenvalue weighted by Gasteiger charge is 2.35. The van der Waals surface area contributed by atoms with Crippen LogP contribution in [-0.4, -0.2) is 52.9 Å². The third kappa shape index (κ3) is 5.17. The molecule has 1 aliphatic heterocycles. The topological polar surface area (TPSA) is 105 Å². The number of hydrogen-bond acceptors (Lipinski definition) is 5. The number of nitrogens with one attached hydrogen (secondary N) is 2. The van der Waals surface area contributed by atoms with Gasteiger partial charge in [-0.1, -0.05) is 0 Å². The second-order valence-corrected chi connectivity index (χ2v) is 6.60. The highest BCUT2D eigenvalue weighted by molar-refractivity contribution is 7.81. The molecule has 0 bridgehead atoms. The Morgan fingerprint density at radius 1 is 1.27 bits per heavy atom. The molecule has 0 aromatic heterocycles. The van der Waals surface area contributed by atoms with Gasteiger partial charge in [-0.15, -0.1) is 0 Å². The normalized spacial score (nSPS) is 19.1. The van der Waals surface area contributed by atoms with E-state index in [0.717, 1.165) is 12.8 Å². The Balaban J connectivity index is 2.59. The number of hydrogen-bond donors (Lipinski definition) is 4. The van der Waals surface area contributed by atoms with E-state index in [2.05, 4.69) is 23.3 Å². The van der Waals surface area contributed by atoms with Crippen molar-refractivity contribution in [1.82, 2.24) is 10.6 Å². The molecule has 2 amide bonds. The summed E-state index contributed by atoms with van der Waals surface area (Å²) in [7, 11) is 0. The number of carbonyl (C=O) groups excluding carboxylic acids is 2. The monoisotopic (exact) mass is 332 g/mol. The Bertz CT molecular complexity index is 435. The lowest BCUT2D eigenvalue weighted by atomic mass is 9.94. The highest BCUT2D eigenvalue weighted by atomic mass is 32.1. The van der Waals surface area contributed by atoms with Crippen molar-refractivity contribution < 1.29 is 24.2 Å². The van der Waals surface area contributed by atoms with E-state index in [1.165, 1.54) is 20.8 Å². The van der Waals surface area contributed by atoms with Crippen LogP contribution in [0.2, 0.25) is 0 Å². The van der Waals surface area contributed by atoms with E-state index in [-0.39, 0.29) is 11.8 Å². The summed E-state index contributed by atoms with van der Waals surface area (Å²) < 4.78 is 5.25. The van der Waals surface area contributed by atoms with Crippen LogP contribution < -0.4 is 10.6 Å². The van der Waals surface area contributed by atoms with Crippen LogP contribution in [0.1, 0.15) is 33.6 Å². The number of aliphatic carboxylic acids is 1. The van der Waals surface area contributed by atoms with Crippen molar-refractivity contribution >= 4 is 30.4 Å². The summed E-state index contributed by atoms with van der Waals surface area (Å²) in [6.45, 7) is 5.63. The summed E-state index contributed by atoms with van der Waals surface area (Å²) in [5.74, 6) is -1.92. The number of thiol groups is 1. The number of carboxylic acids is 1. The number of carbonyl (C=O) groups is 3. The first kappa shape index (κ1) is 18.8. The quantitative estimate of drug-likeness (QED) is 0.520. The van der Waals surface area contributed by atoms with Gasteiger partial charge < -0.3 is 20.5 Å². The third-order valence-corrected chi connectivity index (χ3v) is 4.36. The number of rotatable bonds is 6. The van der Waals surface area contributed by atoms with E-state index in [1.807, 2.05) is 0 Å². The molecule has 1 rings (SSSR count). The Hall–Kier alpha value is -1.28. The van der Waals surface area contributed by atoms with Gasteiger partial charge in [-0.3, -0.25) is 14.4 Å². The average Bonchev–Trinajstić information content (AvgIpc) is 2.46. The molecule has 8 heteroatoms. The summed E-state index contributed by atoms with van der Waals surface area (Å²) in [5.41, 5.74) is -1.22. The molecule has 22 heavy (non-hydrogen) atoms. The molecule has 126 valence electrons. The van der Waals surface area contributed by atoms with Gasteiger partial charge in [0.15, 0.2) is 0 Å². The predicted molar refractivity (Wildman–Crippen MR) is 83.8 cm³/mol. The smallest absolute Gasteiger partial charge is 0.325 e. The molecule has 1 heterocycles. The predicted octanol–water partition coefficient (Wildman–Crippen LogP) is 0.196. The summed E-state index contributed by atoms with van der Waals surface area (Å²) >= 11 is 4.36. The molecule has 1 aliphatic rings. The van der Waals surface area contributed by atoms with E-state index in [1.54, 1.807) is 0 Å². The molecule has 0 aliphatic carbocycles. The van der Waals surface area contributed by atoms with Crippen LogP contribution in [0.5, 0.6) is 0 Å². The maximum Gasteiger partial charge on any atom is 0.325 e. The number of carboxylic acid groups (broad SMARTS) is 1. The Morgan fingerprint density at radius 3 is 2.32 bits per heavy atom. The lowest BCUT2D eigenvalue weighted by Crippen LogP contribution is -2.59. The molecular formula is C14H24N2O5S. The van der Waals surface area contributed by atoms with Crippen molar-refractivity contribution in [3.05, 3.63) is 0 Å². The SMILES string of the molecule is C[C@H](NC(=O)C(C)(C)NC(=O)C(S)C1CCOCC1)C(=O)O. The third-order valence-electron chi connectivity index (χ3n) is 3.70. The number of amides is 2. The van der Waals surface area contributed by atoms with Crippen LogP contribution in [0.15, 0.2) is 0 Å². The molecule has 0 aromatic rings. The fourth-order valence-corrected chi connectivity index (χ4v) is 2.49. The van der Waals surface area contributed by atoms with Gasteiger partial charge in [0.2, 0.25) is 11.8 Å². The first-order valence-corrected chi connectivity index (χ1v) is 7.78. The van der Waals surface area contributed by atoms with E-state index < -0.39 is 28.7 Å². The zero-order valence-corrected chi connectivity index (χ0v) is 14.0. The summed E-state index contributed by atoms with van der Waals surface area (Å²) in [6, 6.07) is -1.02. The number of ether oxygens (including phenoxy) is 1. The minimum absolute atomic E-state index is 0.105. The van der Waals surface area contributed by atoms with Crippen LogP contribution in [0.4, 0.5) is 0 Å². The van der Waals surface area contributed by atoms with Crippen molar-refractivity contribution in [1.29, 1.82) is 0 Å². The second kappa shape index (κ2) is 7.82. The average molecular weight is 332 g/mol. The Kier molecular flexibility index (Phi) is 6.67. The molecule has 0 saturated carbocycles. The minimum Gasteiger partial charge on any atom is -0.480 e. The molecular weight excluding hydrogens is 308 g/mol. The van der Waals surface area contributed by atoms with Crippen molar-refractivity contribution in [2.75, 3.05) is 13.2 Å². The van der Waals surface area contributed by atoms with E-state index in [0.29, 0.717) is 13.2 Å². The summed E-state index contributed by atoms with van der Waals surface area (Å²) in [5, 5.41) is 13.3. The van der Waals surface area contributed by atoms with Crippen molar-refractivity contribution in [2.24, 2.45) is 5.92 Å². The highest BCUT2D eigenvalue weighted by Crippen LogP contribution is 2.23. The lowest BCUT2D eigenvalue weighted by molar-refractivity contribution is -0.142. The first-order chi connectivity index (χ1) is 10.1. The van der Waals surface area contributed by atoms with Crippen molar-refractivity contribution in [3.63, 3.8) is 0 Å². The molecule has 0 radical (unpaired) electrons. The maximum atomic E-state index is 12.3. The maximum absolute atomic E-state index is 12.3. The van der Waals surface area contributed by atoms with Gasteiger partial charge in [-0.05, 0) is 39.5 Å². The molecule has 0 spiro atoms. The standard InChI is InChI=1S/C14H24N2O5S/c1-8(12(18)19)15-13(20)14(2,3)16-11(17)10(22)9-4-6-21-7-5-9/h8-10,22H,4-7H2,1-3H3,(H,15,20)(H,16,17)(H,18,19)/t8-,10?/m0/s1. The van der Waals surface area contributed by atoms with E-state index >= 15 is 0 Å². The molecule has 7 nitrogen and oxygen atoms in total. The first-order valence-electron chi connectivity index (χ1n) is 7.26. The van der Waals surface area contributed by atoms with E-state index in [4.69, 9.17) is 9.84 Å². The minimum atomic E-state index is -1.22. The molecule has 1 saturated heterocycles. The van der Waals surface area contributed by atoms with Gasteiger partial charge in [0.25, 0.3) is 0 Å². The van der Waals surface area contributed by atoms with Crippen LogP contribution in [-0.2, 0) is 19.1 Å². The van der Waals surface area contributed by atoms with E-state index in [9.17, 15) is 14.4 Å². The summed E-state index contributed by atoms with van der Waals surface area (Å²) in [6.07, 6.45) is 1.51. The van der Waals surface area contributed by atoms with Crippen molar-refractivity contribution in [2.45, 2.75) is 50.4 Å². The Morgan fingerprint density at radius 2 is 1.82 bits per heavy atom. The fourth-order valence-electron chi connectivity index (χ4n) is 2.12. The van der Waals surface area contributed by atoms with Crippen LogP contribution in [0, 0.1) is 5.92 Å². The second-order valence-electron chi connectivity index (χ2n) is 6.04. The van der Waals surface area contributed by atoms with Gasteiger partial charge >= 0.3 is 5.97 Å². The van der Waals surface area contributed by atoms with Crippen LogP contribution in [0.3, 0.4) is 0 Å². The zero-order chi connectivity index (χ0) is 16.9. The zero-order valence-electron chi connectivity index (χ0n) is 13.1. The largest absolute Gasteiger partial charge is 0.480 e. The Labute approximate surface area is 135 Å². The lowest BCUT2D eigenvalue weighted by Gasteiger charge is -2.31. The molecule has 0 aromatic carbocycles. The summed E-state index contributed by atoms with van der Waals surface area (Å²) in [4.78, 5) is 35.1. The molecule has 2 atom stereocenters. The van der Waals surface area contributed by atoms with Gasteiger partial charge in [0.05, 0.1) is 5.25 Å². The molecule has 3 N–H and O–H groups in total. The van der Waals surface area contributed by atoms with Crippen molar-refractivity contribution in [3.8, 4) is 0 Å². The molecule has 1 fully saturated rings. The van der Waals surface area contributed by atoms with Gasteiger partial charge in [-0.25, -0.2) is 0 Å². The van der Waals surface area contributed by atoms with Gasteiger partial charge in [0.1, 0.15) is 11.6 Å².